The Morgan fingerprint density at radius 1 is 1.33 bits per heavy atom. The van der Waals surface area contributed by atoms with Crippen LogP contribution in [0.1, 0.15) is 18.7 Å². The molecule has 0 saturated carbocycles. The van der Waals surface area contributed by atoms with Gasteiger partial charge in [0, 0.05) is 25.5 Å². The summed E-state index contributed by atoms with van der Waals surface area (Å²) < 4.78 is 0. The molecule has 1 aromatic heterocycles. The molecular weight excluding hydrogens is 186 g/mol. The van der Waals surface area contributed by atoms with Gasteiger partial charge in [0.2, 0.25) is 0 Å². The third kappa shape index (κ3) is 2.63. The molecule has 1 aliphatic heterocycles. The molecule has 1 aliphatic rings. The molecule has 0 unspecified atom stereocenters. The van der Waals surface area contributed by atoms with Gasteiger partial charge in [-0.15, -0.1) is 0 Å². The van der Waals surface area contributed by atoms with E-state index in [1.54, 1.807) is 12.4 Å². The van der Waals surface area contributed by atoms with E-state index in [2.05, 4.69) is 20.9 Å². The molecule has 0 spiro atoms. The van der Waals surface area contributed by atoms with Crippen LogP contribution in [0.15, 0.2) is 24.5 Å². The summed E-state index contributed by atoms with van der Waals surface area (Å²) in [5.74, 6) is 0.866. The van der Waals surface area contributed by atoms with Gasteiger partial charge in [0.15, 0.2) is 5.82 Å². The van der Waals surface area contributed by atoms with Crippen molar-refractivity contribution in [3.8, 4) is 0 Å². The minimum atomic E-state index is 0.727. The summed E-state index contributed by atoms with van der Waals surface area (Å²) in [5.41, 5.74) is 1.25. The summed E-state index contributed by atoms with van der Waals surface area (Å²) in [6.45, 7) is 8.51. The third-order valence-electron chi connectivity index (χ3n) is 2.59. The van der Waals surface area contributed by atoms with E-state index >= 15 is 0 Å². The van der Waals surface area contributed by atoms with Crippen LogP contribution in [0.3, 0.4) is 0 Å². The van der Waals surface area contributed by atoms with Crippen LogP contribution in [-0.4, -0.2) is 34.5 Å². The monoisotopic (exact) mass is 201 g/mol. The van der Waals surface area contributed by atoms with Crippen molar-refractivity contribution < 1.29 is 0 Å². The smallest absolute Gasteiger partial charge is 0.154 e. The highest BCUT2D eigenvalue weighted by Crippen LogP contribution is 2.18. The van der Waals surface area contributed by atoms with Gasteiger partial charge in [-0.25, -0.2) is 9.97 Å². The highest BCUT2D eigenvalue weighted by Gasteiger charge is 2.13. The average molecular weight is 201 g/mol. The molecule has 0 saturated heterocycles. The third-order valence-corrected chi connectivity index (χ3v) is 2.59. The van der Waals surface area contributed by atoms with E-state index in [-0.39, 0.29) is 0 Å². The van der Waals surface area contributed by atoms with Crippen LogP contribution >= 0.6 is 0 Å². The first kappa shape index (κ1) is 10.3. The van der Waals surface area contributed by atoms with E-state index in [0.29, 0.717) is 0 Å². The molecule has 0 aromatic carbocycles. The first-order valence-electron chi connectivity index (χ1n) is 5.29. The Labute approximate surface area is 90.9 Å². The lowest BCUT2D eigenvalue weighted by atomic mass is 10.1. The van der Waals surface area contributed by atoms with E-state index in [0.717, 1.165) is 38.3 Å². The van der Waals surface area contributed by atoms with Crippen LogP contribution in [0.25, 0.3) is 5.57 Å². The second-order valence-electron chi connectivity index (χ2n) is 3.64. The van der Waals surface area contributed by atoms with Crippen LogP contribution < -0.4 is 0 Å². The molecule has 2 radical (unpaired) electrons. The summed E-state index contributed by atoms with van der Waals surface area (Å²) in [6, 6.07) is 1.84. The molecule has 0 atom stereocenters. The molecule has 0 fully saturated rings. The van der Waals surface area contributed by atoms with Crippen LogP contribution in [0.5, 0.6) is 0 Å². The second-order valence-corrected chi connectivity index (χ2v) is 3.64. The molecule has 0 bridgehead atoms. The average Bonchev–Trinajstić information content (AvgIpc) is 2.32. The summed E-state index contributed by atoms with van der Waals surface area (Å²) in [6.07, 6.45) is 7.52. The minimum absolute atomic E-state index is 0.727. The summed E-state index contributed by atoms with van der Waals surface area (Å²) in [4.78, 5) is 10.8. The van der Waals surface area contributed by atoms with Crippen LogP contribution in [0.4, 0.5) is 0 Å². The number of aromatic nitrogens is 2. The molecule has 0 N–H and O–H groups in total. The highest BCUT2D eigenvalue weighted by molar-refractivity contribution is 5.60. The highest BCUT2D eigenvalue weighted by atomic mass is 15.1. The van der Waals surface area contributed by atoms with Gasteiger partial charge in [0.1, 0.15) is 0 Å². The lowest BCUT2D eigenvalue weighted by Gasteiger charge is -2.24. The summed E-state index contributed by atoms with van der Waals surface area (Å²) in [5, 5.41) is 0. The SMILES string of the molecule is [CH]CCN1CC=C(c2ncccn2)CC1. The number of nitrogens with zero attached hydrogens (tertiary/aromatic N) is 3. The van der Waals surface area contributed by atoms with Gasteiger partial charge in [-0.2, -0.15) is 0 Å². The van der Waals surface area contributed by atoms with Crippen molar-refractivity contribution in [2.45, 2.75) is 12.8 Å². The normalized spacial score (nSPS) is 17.5. The first-order valence-corrected chi connectivity index (χ1v) is 5.29. The fourth-order valence-corrected chi connectivity index (χ4v) is 1.76. The van der Waals surface area contributed by atoms with Crippen molar-refractivity contribution in [2.75, 3.05) is 19.6 Å². The Hall–Kier alpha value is -1.22. The van der Waals surface area contributed by atoms with Gasteiger partial charge in [-0.1, -0.05) is 6.08 Å². The molecule has 2 heterocycles. The summed E-state index contributed by atoms with van der Waals surface area (Å²) in [7, 11) is 0. The quantitative estimate of drug-likeness (QED) is 0.745. The van der Waals surface area contributed by atoms with Crippen LogP contribution in [-0.2, 0) is 0 Å². The number of rotatable bonds is 3. The molecule has 2 rings (SSSR count). The predicted molar refractivity (Wildman–Crippen MR) is 60.0 cm³/mol. The minimum Gasteiger partial charge on any atom is -0.299 e. The van der Waals surface area contributed by atoms with Crippen molar-refractivity contribution in [2.24, 2.45) is 0 Å². The number of hydrogen-bond donors (Lipinski definition) is 0. The van der Waals surface area contributed by atoms with E-state index in [4.69, 9.17) is 6.92 Å². The predicted octanol–water partition coefficient (Wildman–Crippen LogP) is 1.67. The Morgan fingerprint density at radius 3 is 2.73 bits per heavy atom. The molecule has 0 amide bonds. The largest absolute Gasteiger partial charge is 0.299 e. The van der Waals surface area contributed by atoms with Gasteiger partial charge >= 0.3 is 0 Å². The van der Waals surface area contributed by atoms with E-state index < -0.39 is 0 Å². The molecule has 1 aromatic rings. The topological polar surface area (TPSA) is 29.0 Å². The maximum atomic E-state index is 5.52. The van der Waals surface area contributed by atoms with Gasteiger partial charge in [0.05, 0.1) is 0 Å². The zero-order valence-corrected chi connectivity index (χ0v) is 8.76. The van der Waals surface area contributed by atoms with Crippen LogP contribution in [0.2, 0.25) is 0 Å². The van der Waals surface area contributed by atoms with E-state index in [9.17, 15) is 0 Å². The fourth-order valence-electron chi connectivity index (χ4n) is 1.76. The lowest BCUT2D eigenvalue weighted by Crippen LogP contribution is -2.29. The molecular formula is C12H15N3. The van der Waals surface area contributed by atoms with Crippen molar-refractivity contribution in [1.82, 2.24) is 14.9 Å². The van der Waals surface area contributed by atoms with Crippen molar-refractivity contribution >= 4 is 5.57 Å². The zero-order valence-electron chi connectivity index (χ0n) is 8.76. The number of hydrogen-bond acceptors (Lipinski definition) is 3. The van der Waals surface area contributed by atoms with Gasteiger partial charge in [0.25, 0.3) is 0 Å². The molecule has 0 aliphatic carbocycles. The Bertz CT molecular complexity index is 332. The summed E-state index contributed by atoms with van der Waals surface area (Å²) >= 11 is 0. The van der Waals surface area contributed by atoms with Crippen molar-refractivity contribution in [3.63, 3.8) is 0 Å². The van der Waals surface area contributed by atoms with Gasteiger partial charge in [-0.05, 0) is 37.9 Å². The van der Waals surface area contributed by atoms with E-state index in [1.807, 2.05) is 6.07 Å². The zero-order chi connectivity index (χ0) is 10.5. The maximum absolute atomic E-state index is 5.52. The fraction of sp³-hybridized carbons (Fsp3) is 0.417. The Kier molecular flexibility index (Phi) is 3.45. The van der Waals surface area contributed by atoms with Gasteiger partial charge in [-0.3, -0.25) is 4.90 Å². The second kappa shape index (κ2) is 5.03. The lowest BCUT2D eigenvalue weighted by molar-refractivity contribution is 0.307. The standard InChI is InChI=1S/C12H15N3/c1-2-8-15-9-4-11(5-10-15)12-13-6-3-7-14-12/h1,3-4,6-7H,2,5,8-10H2. The molecule has 15 heavy (non-hydrogen) atoms. The first-order chi connectivity index (χ1) is 7.40. The molecule has 3 nitrogen and oxygen atoms in total. The van der Waals surface area contributed by atoms with E-state index in [1.165, 1.54) is 5.57 Å². The van der Waals surface area contributed by atoms with Gasteiger partial charge < -0.3 is 0 Å². The Morgan fingerprint density at radius 2 is 2.13 bits per heavy atom. The molecule has 78 valence electrons. The Balaban J connectivity index is 2.02. The van der Waals surface area contributed by atoms with Crippen molar-refractivity contribution in [1.29, 1.82) is 0 Å². The maximum Gasteiger partial charge on any atom is 0.154 e. The molecule has 3 heteroatoms. The van der Waals surface area contributed by atoms with Crippen molar-refractivity contribution in [3.05, 3.63) is 37.3 Å². The van der Waals surface area contributed by atoms with Crippen LogP contribution in [0, 0.1) is 6.92 Å².